The molecule has 9 heteroatoms. The van der Waals surface area contributed by atoms with Crippen LogP contribution in [0.1, 0.15) is 25.5 Å². The van der Waals surface area contributed by atoms with Gasteiger partial charge in [-0.3, -0.25) is 9.59 Å². The maximum atomic E-state index is 12.4. The topological polar surface area (TPSA) is 109 Å². The second kappa shape index (κ2) is 7.09. The molecule has 26 heavy (non-hydrogen) atoms. The first-order chi connectivity index (χ1) is 12.4. The molecule has 2 aromatic heterocycles. The number of pyridine rings is 1. The summed E-state index contributed by atoms with van der Waals surface area (Å²) in [6.07, 6.45) is 1.31. The number of benzene rings is 1. The summed E-state index contributed by atoms with van der Waals surface area (Å²) < 4.78 is 10.4. The number of carbonyl (C=O) groups excluding carboxylic acids is 1. The van der Waals surface area contributed by atoms with Crippen molar-refractivity contribution in [3.8, 4) is 5.75 Å². The number of nitrogens with one attached hydrogen (secondary N) is 3. The molecule has 0 fully saturated rings. The second-order valence-corrected chi connectivity index (χ2v) is 6.12. The number of ether oxygens (including phenoxy) is 1. The lowest BCUT2D eigenvalue weighted by molar-refractivity contribution is -0.114. The molecule has 136 valence electrons. The predicted molar refractivity (Wildman–Crippen MR) is 99.0 cm³/mol. The Morgan fingerprint density at radius 1 is 1.38 bits per heavy atom. The minimum atomic E-state index is -0.396. The Morgan fingerprint density at radius 3 is 2.85 bits per heavy atom. The smallest absolute Gasteiger partial charge is 0.297 e. The van der Waals surface area contributed by atoms with Crippen molar-refractivity contribution in [2.75, 3.05) is 17.7 Å². The zero-order chi connectivity index (χ0) is 18.8. The van der Waals surface area contributed by atoms with E-state index in [0.717, 1.165) is 5.39 Å². The lowest BCUT2D eigenvalue weighted by Gasteiger charge is -2.13. The van der Waals surface area contributed by atoms with Gasteiger partial charge in [0.25, 0.3) is 11.6 Å². The molecule has 1 aromatic carbocycles. The second-order valence-electron chi connectivity index (χ2n) is 5.71. The Labute approximate surface area is 153 Å². The first-order valence-corrected chi connectivity index (χ1v) is 8.15. The Hall–Kier alpha value is -3.00. The van der Waals surface area contributed by atoms with Crippen molar-refractivity contribution >= 4 is 40.2 Å². The Morgan fingerprint density at radius 2 is 2.15 bits per heavy atom. The van der Waals surface area contributed by atoms with E-state index in [9.17, 15) is 9.59 Å². The molecule has 0 spiro atoms. The lowest BCUT2D eigenvalue weighted by atomic mass is 10.1. The Balaban J connectivity index is 1.89. The third-order valence-electron chi connectivity index (χ3n) is 3.76. The SMILES string of the molecule is COc1cc2[nH]c(=O)c([C@H](C)Nc3nc(NC(C)=O)co3)cc2cc1Cl. The number of H-pyrrole nitrogens is 1. The molecule has 2 heterocycles. The number of aromatic amines is 1. The normalized spacial score (nSPS) is 12.0. The summed E-state index contributed by atoms with van der Waals surface area (Å²) in [5.74, 6) is 0.522. The summed E-state index contributed by atoms with van der Waals surface area (Å²) in [4.78, 5) is 30.4. The van der Waals surface area contributed by atoms with E-state index in [1.54, 1.807) is 25.1 Å². The van der Waals surface area contributed by atoms with E-state index >= 15 is 0 Å². The number of amides is 1. The van der Waals surface area contributed by atoms with Crippen molar-refractivity contribution in [3.05, 3.63) is 45.4 Å². The van der Waals surface area contributed by atoms with Crippen molar-refractivity contribution in [2.45, 2.75) is 19.9 Å². The number of oxazole rings is 1. The molecule has 1 amide bonds. The zero-order valence-corrected chi connectivity index (χ0v) is 15.1. The molecule has 0 saturated carbocycles. The van der Waals surface area contributed by atoms with Crippen LogP contribution in [0.25, 0.3) is 10.9 Å². The molecule has 0 aliphatic heterocycles. The van der Waals surface area contributed by atoms with Gasteiger partial charge in [-0.25, -0.2) is 0 Å². The van der Waals surface area contributed by atoms with Gasteiger partial charge in [-0.15, -0.1) is 0 Å². The summed E-state index contributed by atoms with van der Waals surface area (Å²) in [6.45, 7) is 3.17. The van der Waals surface area contributed by atoms with Gasteiger partial charge in [0, 0.05) is 23.9 Å². The Kier molecular flexibility index (Phi) is 4.85. The predicted octanol–water partition coefficient (Wildman–Crippen LogP) is 3.31. The third-order valence-corrected chi connectivity index (χ3v) is 4.06. The minimum absolute atomic E-state index is 0.188. The number of nitrogens with zero attached hydrogens (tertiary/aromatic N) is 1. The highest BCUT2D eigenvalue weighted by Gasteiger charge is 2.15. The van der Waals surface area contributed by atoms with E-state index in [1.807, 2.05) is 0 Å². The van der Waals surface area contributed by atoms with Crippen LogP contribution in [-0.2, 0) is 4.79 Å². The van der Waals surface area contributed by atoms with Crippen molar-refractivity contribution in [3.63, 3.8) is 0 Å². The number of anilines is 2. The molecule has 0 saturated heterocycles. The number of halogens is 1. The zero-order valence-electron chi connectivity index (χ0n) is 14.3. The number of carbonyl (C=O) groups is 1. The fraction of sp³-hybridized carbons (Fsp3) is 0.235. The van der Waals surface area contributed by atoms with Crippen LogP contribution in [0, 0.1) is 0 Å². The van der Waals surface area contributed by atoms with Crippen LogP contribution in [0.4, 0.5) is 11.8 Å². The highest BCUT2D eigenvalue weighted by molar-refractivity contribution is 6.32. The van der Waals surface area contributed by atoms with E-state index in [-0.39, 0.29) is 17.5 Å². The lowest BCUT2D eigenvalue weighted by Crippen LogP contribution is -2.19. The van der Waals surface area contributed by atoms with Gasteiger partial charge in [-0.1, -0.05) is 11.6 Å². The van der Waals surface area contributed by atoms with E-state index in [4.69, 9.17) is 20.8 Å². The summed E-state index contributed by atoms with van der Waals surface area (Å²) in [5, 5.41) is 6.72. The molecule has 0 aliphatic rings. The molecule has 3 rings (SSSR count). The number of aromatic nitrogens is 2. The number of rotatable bonds is 5. The van der Waals surface area contributed by atoms with Gasteiger partial charge in [0.2, 0.25) is 5.91 Å². The van der Waals surface area contributed by atoms with Crippen molar-refractivity contribution in [2.24, 2.45) is 0 Å². The number of hydrogen-bond donors (Lipinski definition) is 3. The molecule has 1 atom stereocenters. The quantitative estimate of drug-likeness (QED) is 0.630. The Bertz CT molecular complexity index is 1030. The van der Waals surface area contributed by atoms with E-state index in [1.165, 1.54) is 20.3 Å². The summed E-state index contributed by atoms with van der Waals surface area (Å²) in [7, 11) is 1.51. The van der Waals surface area contributed by atoms with Gasteiger partial charge in [0.15, 0.2) is 5.82 Å². The largest absolute Gasteiger partial charge is 0.495 e. The number of hydrogen-bond acceptors (Lipinski definition) is 6. The first-order valence-electron chi connectivity index (χ1n) is 7.77. The van der Waals surface area contributed by atoms with Gasteiger partial charge >= 0.3 is 0 Å². The molecule has 0 bridgehead atoms. The fourth-order valence-electron chi connectivity index (χ4n) is 2.54. The van der Waals surface area contributed by atoms with Crippen LogP contribution in [-0.4, -0.2) is 23.0 Å². The van der Waals surface area contributed by atoms with Crippen LogP contribution < -0.4 is 20.9 Å². The third kappa shape index (κ3) is 3.65. The molecule has 3 aromatic rings. The minimum Gasteiger partial charge on any atom is -0.495 e. The highest BCUT2D eigenvalue weighted by Crippen LogP contribution is 2.29. The standard InChI is InChI=1S/C17H17ClN4O4/c1-8(19-17-22-15(7-26-17)20-9(2)23)11-4-10-5-12(18)14(25-3)6-13(10)21-16(11)24/h4-8H,1-3H3,(H,19,22)(H,20,23)(H,21,24)/t8-/m0/s1. The molecule has 8 nitrogen and oxygen atoms in total. The summed E-state index contributed by atoms with van der Waals surface area (Å²) in [5.41, 5.74) is 0.852. The van der Waals surface area contributed by atoms with Crippen LogP contribution in [0.2, 0.25) is 5.02 Å². The average Bonchev–Trinajstić information content (AvgIpc) is 3.00. The summed E-state index contributed by atoms with van der Waals surface area (Å²) in [6, 6.07) is 4.94. The van der Waals surface area contributed by atoms with Gasteiger partial charge in [-0.2, -0.15) is 4.98 Å². The van der Waals surface area contributed by atoms with Crippen LogP contribution in [0.3, 0.4) is 0 Å². The average molecular weight is 377 g/mol. The van der Waals surface area contributed by atoms with Crippen LogP contribution >= 0.6 is 11.6 Å². The maximum absolute atomic E-state index is 12.4. The van der Waals surface area contributed by atoms with E-state index in [0.29, 0.717) is 27.7 Å². The van der Waals surface area contributed by atoms with Crippen molar-refractivity contribution in [1.82, 2.24) is 9.97 Å². The monoisotopic (exact) mass is 376 g/mol. The van der Waals surface area contributed by atoms with E-state index < -0.39 is 6.04 Å². The molecule has 0 radical (unpaired) electrons. The van der Waals surface area contributed by atoms with E-state index in [2.05, 4.69) is 20.6 Å². The van der Waals surface area contributed by atoms with Crippen molar-refractivity contribution in [1.29, 1.82) is 0 Å². The fourth-order valence-corrected chi connectivity index (χ4v) is 2.79. The van der Waals surface area contributed by atoms with Crippen LogP contribution in [0.15, 0.2) is 33.7 Å². The molecular formula is C17H17ClN4O4. The van der Waals surface area contributed by atoms with Crippen LogP contribution in [0.5, 0.6) is 5.75 Å². The highest BCUT2D eigenvalue weighted by atomic mass is 35.5. The maximum Gasteiger partial charge on any atom is 0.297 e. The number of methoxy groups -OCH3 is 1. The molecule has 0 aliphatic carbocycles. The van der Waals surface area contributed by atoms with Gasteiger partial charge in [0.1, 0.15) is 12.0 Å². The van der Waals surface area contributed by atoms with Gasteiger partial charge < -0.3 is 24.8 Å². The number of fused-ring (bicyclic) bond motifs is 1. The van der Waals surface area contributed by atoms with Gasteiger partial charge in [0.05, 0.1) is 23.7 Å². The summed E-state index contributed by atoms with van der Waals surface area (Å²) >= 11 is 6.16. The molecule has 0 unspecified atom stereocenters. The van der Waals surface area contributed by atoms with Gasteiger partial charge in [-0.05, 0) is 19.1 Å². The first kappa shape index (κ1) is 17.8. The molecule has 3 N–H and O–H groups in total. The molecular weight excluding hydrogens is 360 g/mol. The van der Waals surface area contributed by atoms with Crippen molar-refractivity contribution < 1.29 is 13.9 Å².